The van der Waals surface area contributed by atoms with Crippen molar-refractivity contribution >= 4 is 16.8 Å². The summed E-state index contributed by atoms with van der Waals surface area (Å²) in [5.74, 6) is 0.400. The minimum Gasteiger partial charge on any atom is -0.493 e. The van der Waals surface area contributed by atoms with Crippen molar-refractivity contribution in [2.75, 3.05) is 13.2 Å². The van der Waals surface area contributed by atoms with Gasteiger partial charge >= 0.3 is 0 Å². The van der Waals surface area contributed by atoms with Crippen LogP contribution in [0.25, 0.3) is 10.9 Å². The van der Waals surface area contributed by atoms with Crippen LogP contribution >= 0.6 is 0 Å². The number of carbonyl (C=O) groups excluding carboxylic acids is 1. The van der Waals surface area contributed by atoms with Gasteiger partial charge in [0.1, 0.15) is 5.75 Å². The summed E-state index contributed by atoms with van der Waals surface area (Å²) < 4.78 is 5.70. The minimum atomic E-state index is -0.174. The number of carbonyl (C=O) groups is 1. The van der Waals surface area contributed by atoms with E-state index in [2.05, 4.69) is 4.98 Å². The standard InChI is InChI=1S/C28H28N2O3/c1-3-33-25-15-8-7-14-24(25)28(32)30(17-16-21-11-5-4-6-12-21)19-23-18-22-13-9-10-20(2)26(22)29-27(23)31/h4-15,18H,3,16-17,19H2,1-2H3,(H,29,31). The number of pyridine rings is 1. The molecule has 1 aromatic heterocycles. The summed E-state index contributed by atoms with van der Waals surface area (Å²) in [6.07, 6.45) is 0.688. The average Bonchev–Trinajstić information content (AvgIpc) is 2.83. The molecule has 0 bridgehead atoms. The van der Waals surface area contributed by atoms with Crippen molar-refractivity contribution in [1.82, 2.24) is 9.88 Å². The number of para-hydroxylation sites is 2. The fourth-order valence-corrected chi connectivity index (χ4v) is 4.01. The smallest absolute Gasteiger partial charge is 0.257 e. The van der Waals surface area contributed by atoms with Crippen LogP contribution in [-0.2, 0) is 13.0 Å². The summed E-state index contributed by atoms with van der Waals surface area (Å²) in [6, 6.07) is 25.1. The highest BCUT2D eigenvalue weighted by Gasteiger charge is 2.21. The highest BCUT2D eigenvalue weighted by Crippen LogP contribution is 2.22. The fourth-order valence-electron chi connectivity index (χ4n) is 4.01. The Morgan fingerprint density at radius 3 is 2.52 bits per heavy atom. The van der Waals surface area contributed by atoms with Crippen LogP contribution in [0.4, 0.5) is 0 Å². The molecule has 3 aromatic carbocycles. The lowest BCUT2D eigenvalue weighted by Crippen LogP contribution is -2.34. The molecule has 4 rings (SSSR count). The lowest BCUT2D eigenvalue weighted by Gasteiger charge is -2.24. The van der Waals surface area contributed by atoms with E-state index in [4.69, 9.17) is 4.74 Å². The van der Waals surface area contributed by atoms with E-state index in [0.717, 1.165) is 22.0 Å². The lowest BCUT2D eigenvalue weighted by molar-refractivity contribution is 0.0740. The molecule has 0 radical (unpaired) electrons. The van der Waals surface area contributed by atoms with Crippen LogP contribution in [0.1, 0.15) is 34.0 Å². The van der Waals surface area contributed by atoms with Crippen LogP contribution in [-0.4, -0.2) is 28.9 Å². The van der Waals surface area contributed by atoms with Gasteiger partial charge in [-0.15, -0.1) is 0 Å². The second kappa shape index (κ2) is 10.2. The largest absolute Gasteiger partial charge is 0.493 e. The third-order valence-corrected chi connectivity index (χ3v) is 5.74. The number of aromatic nitrogens is 1. The van der Waals surface area contributed by atoms with Gasteiger partial charge < -0.3 is 14.6 Å². The van der Waals surface area contributed by atoms with E-state index in [1.807, 2.05) is 80.6 Å². The first-order valence-corrected chi connectivity index (χ1v) is 11.2. The molecule has 1 heterocycles. The molecule has 5 heteroatoms. The van der Waals surface area contributed by atoms with Gasteiger partial charge in [-0.05, 0) is 55.0 Å². The quantitative estimate of drug-likeness (QED) is 0.414. The Morgan fingerprint density at radius 2 is 1.73 bits per heavy atom. The summed E-state index contributed by atoms with van der Waals surface area (Å²) >= 11 is 0. The summed E-state index contributed by atoms with van der Waals surface area (Å²) in [4.78, 5) is 31.3. The van der Waals surface area contributed by atoms with Gasteiger partial charge in [0.15, 0.2) is 0 Å². The maximum Gasteiger partial charge on any atom is 0.257 e. The first kappa shape index (κ1) is 22.3. The zero-order valence-corrected chi connectivity index (χ0v) is 19.0. The van der Waals surface area contributed by atoms with Gasteiger partial charge in [0.25, 0.3) is 11.5 Å². The first-order chi connectivity index (χ1) is 16.1. The molecule has 0 aliphatic heterocycles. The average molecular weight is 441 g/mol. The van der Waals surface area contributed by atoms with Crippen molar-refractivity contribution in [3.63, 3.8) is 0 Å². The predicted molar refractivity (Wildman–Crippen MR) is 132 cm³/mol. The van der Waals surface area contributed by atoms with Crippen molar-refractivity contribution in [3.05, 3.63) is 111 Å². The van der Waals surface area contributed by atoms with Crippen LogP contribution < -0.4 is 10.3 Å². The normalized spacial score (nSPS) is 10.8. The number of hydrogen-bond acceptors (Lipinski definition) is 3. The Bertz CT molecular complexity index is 1310. The molecule has 5 nitrogen and oxygen atoms in total. The number of aryl methyl sites for hydroxylation is 1. The molecule has 1 amide bonds. The van der Waals surface area contributed by atoms with E-state index < -0.39 is 0 Å². The van der Waals surface area contributed by atoms with Crippen molar-refractivity contribution in [2.45, 2.75) is 26.8 Å². The number of benzene rings is 3. The molecule has 0 atom stereocenters. The van der Waals surface area contributed by atoms with Crippen LogP contribution in [0.15, 0.2) is 83.7 Å². The highest BCUT2D eigenvalue weighted by atomic mass is 16.5. The van der Waals surface area contributed by atoms with Crippen LogP contribution in [0.3, 0.4) is 0 Å². The maximum atomic E-state index is 13.6. The zero-order valence-electron chi connectivity index (χ0n) is 19.0. The van der Waals surface area contributed by atoms with Gasteiger partial charge in [-0.25, -0.2) is 0 Å². The van der Waals surface area contributed by atoms with E-state index in [1.54, 1.807) is 17.0 Å². The van der Waals surface area contributed by atoms with Crippen molar-refractivity contribution < 1.29 is 9.53 Å². The number of H-pyrrole nitrogens is 1. The molecular weight excluding hydrogens is 412 g/mol. The van der Waals surface area contributed by atoms with Gasteiger partial charge in [-0.2, -0.15) is 0 Å². The van der Waals surface area contributed by atoms with Crippen molar-refractivity contribution in [1.29, 1.82) is 0 Å². The Labute approximate surface area is 193 Å². The second-order valence-corrected chi connectivity index (χ2v) is 8.05. The molecule has 0 aliphatic rings. The number of fused-ring (bicyclic) bond motifs is 1. The molecule has 0 aliphatic carbocycles. The molecule has 33 heavy (non-hydrogen) atoms. The summed E-state index contributed by atoms with van der Waals surface area (Å²) in [5.41, 5.74) is 3.86. The number of aromatic amines is 1. The number of rotatable bonds is 8. The molecule has 1 N–H and O–H groups in total. The lowest BCUT2D eigenvalue weighted by atomic mass is 10.1. The summed E-state index contributed by atoms with van der Waals surface area (Å²) in [6.45, 7) is 5.03. The van der Waals surface area contributed by atoms with Crippen molar-refractivity contribution in [2.24, 2.45) is 0 Å². The van der Waals surface area contributed by atoms with E-state index in [-0.39, 0.29) is 18.0 Å². The molecule has 0 unspecified atom stereocenters. The molecule has 0 fully saturated rings. The number of hydrogen-bond donors (Lipinski definition) is 1. The van der Waals surface area contributed by atoms with Gasteiger partial charge in [0.05, 0.1) is 24.2 Å². The van der Waals surface area contributed by atoms with Gasteiger partial charge in [-0.1, -0.05) is 60.7 Å². The second-order valence-electron chi connectivity index (χ2n) is 8.05. The molecule has 0 saturated heterocycles. The van der Waals surface area contributed by atoms with Crippen molar-refractivity contribution in [3.8, 4) is 5.75 Å². The SMILES string of the molecule is CCOc1ccccc1C(=O)N(CCc1ccccc1)Cc1cc2cccc(C)c2[nH]c1=O. The molecular formula is C28H28N2O3. The van der Waals surface area contributed by atoms with Crippen LogP contribution in [0, 0.1) is 6.92 Å². The topological polar surface area (TPSA) is 62.4 Å². The first-order valence-electron chi connectivity index (χ1n) is 11.2. The fraction of sp³-hybridized carbons (Fsp3) is 0.214. The van der Waals surface area contributed by atoms with E-state index in [9.17, 15) is 9.59 Å². The molecule has 0 spiro atoms. The van der Waals surface area contributed by atoms with Crippen LogP contribution in [0.5, 0.6) is 5.75 Å². The number of ether oxygens (including phenoxy) is 1. The zero-order chi connectivity index (χ0) is 23.2. The third-order valence-electron chi connectivity index (χ3n) is 5.74. The maximum absolute atomic E-state index is 13.6. The van der Waals surface area contributed by atoms with Crippen LogP contribution in [0.2, 0.25) is 0 Å². The Kier molecular flexibility index (Phi) is 6.89. The van der Waals surface area contributed by atoms with Gasteiger partial charge in [0.2, 0.25) is 0 Å². The van der Waals surface area contributed by atoms with Gasteiger partial charge in [-0.3, -0.25) is 9.59 Å². The Hall–Kier alpha value is -3.86. The molecule has 4 aromatic rings. The molecule has 168 valence electrons. The Balaban J connectivity index is 1.68. The van der Waals surface area contributed by atoms with E-state index in [1.165, 1.54) is 0 Å². The summed E-state index contributed by atoms with van der Waals surface area (Å²) in [5, 5.41) is 0.953. The third kappa shape index (κ3) is 5.14. The highest BCUT2D eigenvalue weighted by molar-refractivity contribution is 5.97. The van der Waals surface area contributed by atoms with E-state index >= 15 is 0 Å². The number of nitrogens with one attached hydrogen (secondary N) is 1. The number of amides is 1. The minimum absolute atomic E-state index is 0.154. The molecule has 0 saturated carbocycles. The van der Waals surface area contributed by atoms with Gasteiger partial charge in [0, 0.05) is 12.1 Å². The van der Waals surface area contributed by atoms with E-state index in [0.29, 0.717) is 36.4 Å². The number of nitrogens with zero attached hydrogens (tertiary/aromatic N) is 1. The Morgan fingerprint density at radius 1 is 0.970 bits per heavy atom. The summed E-state index contributed by atoms with van der Waals surface area (Å²) in [7, 11) is 0. The predicted octanol–water partition coefficient (Wildman–Crippen LogP) is 5.12. The monoisotopic (exact) mass is 440 g/mol.